The molecule has 0 saturated carbocycles. The van der Waals surface area contributed by atoms with Crippen molar-refractivity contribution >= 4 is 28.4 Å². The number of nitrogens with zero attached hydrogens (tertiary/aromatic N) is 1. The Balaban J connectivity index is 1.40. The molecule has 0 radical (unpaired) electrons. The second kappa shape index (κ2) is 7.17. The molecule has 1 aliphatic rings. The Morgan fingerprint density at radius 2 is 1.89 bits per heavy atom. The molecule has 28 heavy (non-hydrogen) atoms. The van der Waals surface area contributed by atoms with Gasteiger partial charge in [-0.15, -0.1) is 0 Å². The summed E-state index contributed by atoms with van der Waals surface area (Å²) < 4.78 is 37.9. The largest absolute Gasteiger partial charge is 0.416 e. The molecule has 1 aliphatic heterocycles. The summed E-state index contributed by atoms with van der Waals surface area (Å²) in [5, 5.41) is 1.78. The number of halogens is 4. The highest BCUT2D eigenvalue weighted by atomic mass is 35.5. The van der Waals surface area contributed by atoms with Gasteiger partial charge in [0.2, 0.25) is 5.91 Å². The fraction of sp³-hybridized carbons (Fsp3) is 0.286. The van der Waals surface area contributed by atoms with E-state index in [1.807, 2.05) is 18.2 Å². The van der Waals surface area contributed by atoms with Crippen molar-refractivity contribution in [3.63, 3.8) is 0 Å². The van der Waals surface area contributed by atoms with Crippen LogP contribution in [0.3, 0.4) is 0 Å². The van der Waals surface area contributed by atoms with Gasteiger partial charge >= 0.3 is 6.18 Å². The van der Waals surface area contributed by atoms with Gasteiger partial charge in [-0.1, -0.05) is 23.7 Å². The second-order valence-corrected chi connectivity index (χ2v) is 7.47. The number of fused-ring (bicyclic) bond motifs is 3. The van der Waals surface area contributed by atoms with Crippen LogP contribution >= 0.6 is 11.6 Å². The molecular formula is C21H18ClF3N2O. The zero-order valence-electron chi connectivity index (χ0n) is 14.9. The molecule has 4 rings (SSSR count). The summed E-state index contributed by atoms with van der Waals surface area (Å²) in [6, 6.07) is 10.7. The van der Waals surface area contributed by atoms with E-state index in [2.05, 4.69) is 4.98 Å². The molecule has 2 heterocycles. The van der Waals surface area contributed by atoms with Gasteiger partial charge in [0.05, 0.1) is 12.1 Å². The highest BCUT2D eigenvalue weighted by Crippen LogP contribution is 2.31. The molecule has 3 aromatic rings. The predicted octanol–water partition coefficient (Wildman–Crippen LogP) is 5.36. The Morgan fingerprint density at radius 3 is 2.61 bits per heavy atom. The Hall–Kier alpha value is -2.47. The summed E-state index contributed by atoms with van der Waals surface area (Å²) in [6.45, 7) is 1.13. The van der Waals surface area contributed by atoms with E-state index in [-0.39, 0.29) is 12.3 Å². The SMILES string of the molecule is O=C(CCc1ccc(C(F)(F)F)cc1)N1CCc2c([nH]c3ccc(Cl)cc23)C1. The van der Waals surface area contributed by atoms with Gasteiger partial charge in [-0.05, 0) is 54.3 Å². The van der Waals surface area contributed by atoms with Crippen molar-refractivity contribution in [3.8, 4) is 0 Å². The van der Waals surface area contributed by atoms with E-state index in [0.29, 0.717) is 24.5 Å². The van der Waals surface area contributed by atoms with Crippen molar-refractivity contribution in [2.45, 2.75) is 32.0 Å². The van der Waals surface area contributed by atoms with Crippen molar-refractivity contribution in [2.24, 2.45) is 0 Å². The minimum absolute atomic E-state index is 0.00207. The van der Waals surface area contributed by atoms with Gasteiger partial charge in [-0.25, -0.2) is 0 Å². The lowest BCUT2D eigenvalue weighted by molar-refractivity contribution is -0.137. The fourth-order valence-electron chi connectivity index (χ4n) is 3.70. The van der Waals surface area contributed by atoms with Crippen molar-refractivity contribution in [1.29, 1.82) is 0 Å². The van der Waals surface area contributed by atoms with Crippen molar-refractivity contribution in [1.82, 2.24) is 9.88 Å². The fourth-order valence-corrected chi connectivity index (χ4v) is 3.87. The van der Waals surface area contributed by atoms with Gasteiger partial charge in [0, 0.05) is 34.6 Å². The summed E-state index contributed by atoms with van der Waals surface area (Å²) in [5.74, 6) is 0.00207. The molecule has 3 nitrogen and oxygen atoms in total. The molecular weight excluding hydrogens is 389 g/mol. The van der Waals surface area contributed by atoms with Crippen LogP contribution in [-0.2, 0) is 30.4 Å². The zero-order chi connectivity index (χ0) is 19.9. The number of carbonyl (C=O) groups is 1. The predicted molar refractivity (Wildman–Crippen MR) is 102 cm³/mol. The molecule has 0 bridgehead atoms. The number of aromatic nitrogens is 1. The number of rotatable bonds is 3. The number of benzene rings is 2. The smallest absolute Gasteiger partial charge is 0.357 e. The summed E-state index contributed by atoms with van der Waals surface area (Å²) in [6.07, 6.45) is -2.90. The van der Waals surface area contributed by atoms with Crippen LogP contribution in [0.1, 0.15) is 28.8 Å². The summed E-state index contributed by atoms with van der Waals surface area (Å²) in [7, 11) is 0. The Morgan fingerprint density at radius 1 is 1.14 bits per heavy atom. The number of aryl methyl sites for hydroxylation is 1. The van der Waals surface area contributed by atoms with Crippen LogP contribution in [0.4, 0.5) is 13.2 Å². The number of carbonyl (C=O) groups excluding carboxylic acids is 1. The third-order valence-electron chi connectivity index (χ3n) is 5.20. The van der Waals surface area contributed by atoms with Gasteiger partial charge in [0.1, 0.15) is 0 Å². The van der Waals surface area contributed by atoms with E-state index in [0.717, 1.165) is 40.7 Å². The highest BCUT2D eigenvalue weighted by Gasteiger charge is 2.30. The maximum Gasteiger partial charge on any atom is 0.416 e. The molecule has 0 spiro atoms. The molecule has 0 saturated heterocycles. The van der Waals surface area contributed by atoms with Crippen LogP contribution in [-0.4, -0.2) is 22.3 Å². The number of nitrogens with one attached hydrogen (secondary N) is 1. The normalized spacial score (nSPS) is 14.4. The van der Waals surface area contributed by atoms with Gasteiger partial charge in [0.25, 0.3) is 0 Å². The zero-order valence-corrected chi connectivity index (χ0v) is 15.7. The molecule has 0 aliphatic carbocycles. The van der Waals surface area contributed by atoms with E-state index in [4.69, 9.17) is 11.6 Å². The van der Waals surface area contributed by atoms with Crippen LogP contribution in [0.2, 0.25) is 5.02 Å². The van der Waals surface area contributed by atoms with E-state index in [1.54, 1.807) is 4.90 Å². The first kappa shape index (κ1) is 18.9. The van der Waals surface area contributed by atoms with E-state index >= 15 is 0 Å². The number of aromatic amines is 1. The number of alkyl halides is 3. The number of H-pyrrole nitrogens is 1. The molecule has 1 N–H and O–H groups in total. The minimum Gasteiger partial charge on any atom is -0.357 e. The van der Waals surface area contributed by atoms with E-state index < -0.39 is 11.7 Å². The molecule has 146 valence electrons. The molecule has 1 aromatic heterocycles. The first-order valence-corrected chi connectivity index (χ1v) is 9.42. The molecule has 1 amide bonds. The number of hydrogen-bond acceptors (Lipinski definition) is 1. The van der Waals surface area contributed by atoms with E-state index in [9.17, 15) is 18.0 Å². The monoisotopic (exact) mass is 406 g/mol. The summed E-state index contributed by atoms with van der Waals surface area (Å²) >= 11 is 6.09. The van der Waals surface area contributed by atoms with Crippen LogP contribution in [0.15, 0.2) is 42.5 Å². The Labute approximate surface area is 165 Å². The molecule has 7 heteroatoms. The van der Waals surface area contributed by atoms with Crippen molar-refractivity contribution < 1.29 is 18.0 Å². The third-order valence-corrected chi connectivity index (χ3v) is 5.43. The maximum atomic E-state index is 12.6. The highest BCUT2D eigenvalue weighted by molar-refractivity contribution is 6.31. The summed E-state index contributed by atoms with van der Waals surface area (Å²) in [5.41, 5.74) is 3.27. The van der Waals surface area contributed by atoms with Gasteiger partial charge < -0.3 is 9.88 Å². The van der Waals surface area contributed by atoms with Gasteiger partial charge in [-0.3, -0.25) is 4.79 Å². The van der Waals surface area contributed by atoms with Crippen LogP contribution in [0.25, 0.3) is 10.9 Å². The lowest BCUT2D eigenvalue weighted by atomic mass is 10.0. The first-order chi connectivity index (χ1) is 13.3. The number of amides is 1. The topological polar surface area (TPSA) is 36.1 Å². The Bertz CT molecular complexity index is 1020. The lowest BCUT2D eigenvalue weighted by Crippen LogP contribution is -2.36. The Kier molecular flexibility index (Phi) is 4.83. The molecule has 0 fully saturated rings. The van der Waals surface area contributed by atoms with Crippen LogP contribution < -0.4 is 0 Å². The van der Waals surface area contributed by atoms with Gasteiger partial charge in [0.15, 0.2) is 0 Å². The molecule has 0 atom stereocenters. The summed E-state index contributed by atoms with van der Waals surface area (Å²) in [4.78, 5) is 17.7. The minimum atomic E-state index is -4.34. The standard InChI is InChI=1S/C21H18ClF3N2O/c22-15-6-7-18-17(11-15)16-9-10-27(12-19(16)26-18)20(28)8-3-13-1-4-14(5-2-13)21(23,24)25/h1-2,4-7,11,26H,3,8-10,12H2. The third kappa shape index (κ3) is 3.74. The lowest BCUT2D eigenvalue weighted by Gasteiger charge is -2.27. The quantitative estimate of drug-likeness (QED) is 0.624. The van der Waals surface area contributed by atoms with Gasteiger partial charge in [-0.2, -0.15) is 13.2 Å². The van der Waals surface area contributed by atoms with E-state index in [1.165, 1.54) is 17.7 Å². The van der Waals surface area contributed by atoms with Crippen molar-refractivity contribution in [3.05, 3.63) is 69.9 Å². The second-order valence-electron chi connectivity index (χ2n) is 7.03. The molecule has 0 unspecified atom stereocenters. The average Bonchev–Trinajstić information content (AvgIpc) is 3.02. The first-order valence-electron chi connectivity index (χ1n) is 9.04. The maximum absolute atomic E-state index is 12.6. The van der Waals surface area contributed by atoms with Crippen LogP contribution in [0.5, 0.6) is 0 Å². The van der Waals surface area contributed by atoms with Crippen LogP contribution in [0, 0.1) is 0 Å². The van der Waals surface area contributed by atoms with Crippen molar-refractivity contribution in [2.75, 3.05) is 6.54 Å². The average molecular weight is 407 g/mol. The number of hydrogen-bond donors (Lipinski definition) is 1. The molecule has 2 aromatic carbocycles.